The normalized spacial score (nSPS) is 17.5. The van der Waals surface area contributed by atoms with Crippen LogP contribution in [0.25, 0.3) is 0 Å². The van der Waals surface area contributed by atoms with Crippen molar-refractivity contribution in [2.75, 3.05) is 13.2 Å². The Morgan fingerprint density at radius 1 is 1.28 bits per heavy atom. The quantitative estimate of drug-likeness (QED) is 0.726. The van der Waals surface area contributed by atoms with Crippen molar-refractivity contribution in [2.24, 2.45) is 0 Å². The maximum atomic E-state index is 13.2. The van der Waals surface area contributed by atoms with Crippen molar-refractivity contribution in [1.82, 2.24) is 14.7 Å². The van der Waals surface area contributed by atoms with E-state index in [1.807, 2.05) is 18.3 Å². The molecule has 0 unspecified atom stereocenters. The zero-order valence-corrected chi connectivity index (χ0v) is 15.2. The molecule has 1 aromatic heterocycles. The molecular formula is C20H28FN3O. The maximum Gasteiger partial charge on any atom is 0.123 e. The van der Waals surface area contributed by atoms with Gasteiger partial charge in [0.2, 0.25) is 0 Å². The van der Waals surface area contributed by atoms with Crippen LogP contribution in [0.4, 0.5) is 4.39 Å². The molecule has 2 heterocycles. The summed E-state index contributed by atoms with van der Waals surface area (Å²) < 4.78 is 21.1. The molecule has 1 aliphatic rings. The van der Waals surface area contributed by atoms with Gasteiger partial charge in [0, 0.05) is 44.0 Å². The Morgan fingerprint density at radius 3 is 2.76 bits per heavy atom. The summed E-state index contributed by atoms with van der Waals surface area (Å²) in [5.74, 6) is -0.189. The van der Waals surface area contributed by atoms with Crippen LogP contribution in [0.2, 0.25) is 0 Å². The fourth-order valence-corrected chi connectivity index (χ4v) is 3.43. The number of hydrogen-bond acceptors (Lipinski definition) is 3. The molecule has 0 radical (unpaired) electrons. The van der Waals surface area contributed by atoms with Gasteiger partial charge >= 0.3 is 0 Å². The van der Waals surface area contributed by atoms with Crippen LogP contribution in [0, 0.1) is 12.7 Å². The van der Waals surface area contributed by atoms with Crippen molar-refractivity contribution in [2.45, 2.75) is 58.8 Å². The molecule has 0 amide bonds. The third kappa shape index (κ3) is 4.89. The van der Waals surface area contributed by atoms with Gasteiger partial charge in [-0.25, -0.2) is 4.39 Å². The molecule has 0 saturated carbocycles. The topological polar surface area (TPSA) is 30.3 Å². The lowest BCUT2D eigenvalue weighted by Gasteiger charge is -2.25. The van der Waals surface area contributed by atoms with Crippen LogP contribution < -0.4 is 0 Å². The monoisotopic (exact) mass is 345 g/mol. The lowest BCUT2D eigenvalue weighted by molar-refractivity contribution is 0.0678. The Labute approximate surface area is 149 Å². The van der Waals surface area contributed by atoms with Gasteiger partial charge in [0.1, 0.15) is 5.82 Å². The highest BCUT2D eigenvalue weighted by Crippen LogP contribution is 2.19. The highest BCUT2D eigenvalue weighted by atomic mass is 19.1. The van der Waals surface area contributed by atoms with Gasteiger partial charge in [0.15, 0.2) is 0 Å². The molecule has 0 N–H and O–H groups in total. The van der Waals surface area contributed by atoms with Gasteiger partial charge in [-0.1, -0.05) is 19.1 Å². The summed E-state index contributed by atoms with van der Waals surface area (Å²) >= 11 is 0. The number of halogens is 1. The molecule has 1 fully saturated rings. The smallest absolute Gasteiger partial charge is 0.123 e. The second-order valence-electron chi connectivity index (χ2n) is 6.91. The third-order valence-corrected chi connectivity index (χ3v) is 4.84. The number of benzene rings is 1. The molecule has 136 valence electrons. The van der Waals surface area contributed by atoms with E-state index in [0.29, 0.717) is 6.10 Å². The van der Waals surface area contributed by atoms with Crippen molar-refractivity contribution >= 4 is 0 Å². The third-order valence-electron chi connectivity index (χ3n) is 4.84. The fraction of sp³-hybridized carbons (Fsp3) is 0.550. The first-order valence-corrected chi connectivity index (χ1v) is 9.25. The Kier molecular flexibility index (Phi) is 6.21. The van der Waals surface area contributed by atoms with Gasteiger partial charge in [0.25, 0.3) is 0 Å². The molecule has 2 aromatic rings. The minimum Gasteiger partial charge on any atom is -0.377 e. The summed E-state index contributed by atoms with van der Waals surface area (Å²) in [5.41, 5.74) is 3.62. The van der Waals surface area contributed by atoms with Crippen LogP contribution >= 0.6 is 0 Å². The molecule has 1 atom stereocenters. The summed E-state index contributed by atoms with van der Waals surface area (Å²) in [6.07, 6.45) is 5.62. The first-order valence-electron chi connectivity index (χ1n) is 9.25. The minimum atomic E-state index is -0.189. The molecule has 4 nitrogen and oxygen atoms in total. The molecule has 0 spiro atoms. The number of rotatable bonds is 8. The van der Waals surface area contributed by atoms with E-state index in [0.717, 1.165) is 57.6 Å². The molecule has 0 aliphatic carbocycles. The summed E-state index contributed by atoms with van der Waals surface area (Å²) in [7, 11) is 0. The van der Waals surface area contributed by atoms with Gasteiger partial charge < -0.3 is 4.74 Å². The Bertz CT molecular complexity index is 662. The number of ether oxygens (including phenoxy) is 1. The summed E-state index contributed by atoms with van der Waals surface area (Å²) in [6.45, 7) is 8.65. The van der Waals surface area contributed by atoms with Gasteiger partial charge in [-0.05, 0) is 43.9 Å². The van der Waals surface area contributed by atoms with Gasteiger partial charge in [-0.3, -0.25) is 9.58 Å². The summed E-state index contributed by atoms with van der Waals surface area (Å²) in [5, 5.41) is 4.52. The highest BCUT2D eigenvalue weighted by Gasteiger charge is 2.21. The highest BCUT2D eigenvalue weighted by molar-refractivity contribution is 5.18. The summed E-state index contributed by atoms with van der Waals surface area (Å²) in [4.78, 5) is 2.39. The van der Waals surface area contributed by atoms with Crippen LogP contribution in [-0.4, -0.2) is 33.9 Å². The SMILES string of the molecule is CCCn1ncc(CN(Cc2ccc(F)cc2)C[C@H]2CCCO2)c1C. The van der Waals surface area contributed by atoms with E-state index in [1.54, 1.807) is 0 Å². The molecule has 0 bridgehead atoms. The van der Waals surface area contributed by atoms with E-state index in [9.17, 15) is 4.39 Å². The predicted octanol–water partition coefficient (Wildman–Crippen LogP) is 3.92. The Morgan fingerprint density at radius 2 is 2.08 bits per heavy atom. The minimum absolute atomic E-state index is 0.189. The Hall–Kier alpha value is -1.72. The molecule has 1 saturated heterocycles. The summed E-state index contributed by atoms with van der Waals surface area (Å²) in [6, 6.07) is 6.80. The average Bonchev–Trinajstić information content (AvgIpc) is 3.22. The lowest BCUT2D eigenvalue weighted by atomic mass is 10.1. The maximum absolute atomic E-state index is 13.2. The van der Waals surface area contributed by atoms with E-state index in [1.165, 1.54) is 23.4 Å². The van der Waals surface area contributed by atoms with Gasteiger partial charge in [-0.2, -0.15) is 5.10 Å². The van der Waals surface area contributed by atoms with E-state index in [4.69, 9.17) is 4.74 Å². The lowest BCUT2D eigenvalue weighted by Crippen LogP contribution is -2.31. The molecule has 1 aromatic carbocycles. The number of hydrogen-bond donors (Lipinski definition) is 0. The first-order chi connectivity index (χ1) is 12.2. The van der Waals surface area contributed by atoms with Crippen molar-refractivity contribution in [3.05, 3.63) is 53.1 Å². The van der Waals surface area contributed by atoms with Crippen molar-refractivity contribution in [1.29, 1.82) is 0 Å². The number of aromatic nitrogens is 2. The zero-order chi connectivity index (χ0) is 17.6. The van der Waals surface area contributed by atoms with E-state index in [-0.39, 0.29) is 5.82 Å². The fourth-order valence-electron chi connectivity index (χ4n) is 3.43. The van der Waals surface area contributed by atoms with E-state index in [2.05, 4.69) is 28.5 Å². The second kappa shape index (κ2) is 8.59. The van der Waals surface area contributed by atoms with Crippen molar-refractivity contribution in [3.63, 3.8) is 0 Å². The van der Waals surface area contributed by atoms with Crippen LogP contribution in [-0.2, 0) is 24.4 Å². The Balaban J connectivity index is 1.72. The van der Waals surface area contributed by atoms with Crippen molar-refractivity contribution in [3.8, 4) is 0 Å². The predicted molar refractivity (Wildman–Crippen MR) is 96.7 cm³/mol. The second-order valence-corrected chi connectivity index (χ2v) is 6.91. The average molecular weight is 345 g/mol. The standard InChI is InChI=1S/C20H28FN3O/c1-3-10-24-16(2)18(12-22-24)14-23(15-20-5-4-11-25-20)13-17-6-8-19(21)9-7-17/h6-9,12,20H,3-5,10-11,13-15H2,1-2H3/t20-/m1/s1. The van der Waals surface area contributed by atoms with Crippen LogP contribution in [0.5, 0.6) is 0 Å². The number of nitrogens with zero attached hydrogens (tertiary/aromatic N) is 3. The molecule has 5 heteroatoms. The zero-order valence-electron chi connectivity index (χ0n) is 15.2. The molecular weight excluding hydrogens is 317 g/mol. The molecule has 25 heavy (non-hydrogen) atoms. The van der Waals surface area contributed by atoms with Crippen LogP contribution in [0.3, 0.4) is 0 Å². The van der Waals surface area contributed by atoms with Gasteiger partial charge in [-0.15, -0.1) is 0 Å². The van der Waals surface area contributed by atoms with Gasteiger partial charge in [0.05, 0.1) is 12.3 Å². The van der Waals surface area contributed by atoms with Crippen LogP contribution in [0.1, 0.15) is 43.0 Å². The van der Waals surface area contributed by atoms with E-state index < -0.39 is 0 Å². The number of aryl methyl sites for hydroxylation is 1. The first kappa shape index (κ1) is 18.1. The van der Waals surface area contributed by atoms with Crippen LogP contribution in [0.15, 0.2) is 30.5 Å². The molecule has 1 aliphatic heterocycles. The van der Waals surface area contributed by atoms with E-state index >= 15 is 0 Å². The molecule has 3 rings (SSSR count). The van der Waals surface area contributed by atoms with Crippen molar-refractivity contribution < 1.29 is 9.13 Å². The largest absolute Gasteiger partial charge is 0.377 e.